The number of aliphatic hydroxyl groups excluding tert-OH is 1. The zero-order chi connectivity index (χ0) is 14.7. The molecule has 20 heavy (non-hydrogen) atoms. The lowest BCUT2D eigenvalue weighted by Gasteiger charge is -2.31. The van der Waals surface area contributed by atoms with Crippen LogP contribution in [0.2, 0.25) is 0 Å². The normalized spacial score (nSPS) is 41.0. The predicted octanol–water partition coefficient (Wildman–Crippen LogP) is -2.38. The van der Waals surface area contributed by atoms with E-state index in [1.165, 1.54) is 6.20 Å². The van der Waals surface area contributed by atoms with Crippen molar-refractivity contribution in [3.63, 3.8) is 0 Å². The Kier molecular flexibility index (Phi) is 2.85. The van der Waals surface area contributed by atoms with Crippen LogP contribution in [0.15, 0.2) is 21.9 Å². The number of rotatable bonds is 1. The molecule has 0 aromatic carbocycles. The van der Waals surface area contributed by atoms with Crippen LogP contribution in [0, 0.1) is 0 Å². The predicted molar refractivity (Wildman–Crippen MR) is 64.1 cm³/mol. The Labute approximate surface area is 112 Å². The Morgan fingerprint density at radius 2 is 2.20 bits per heavy atom. The van der Waals surface area contributed by atoms with E-state index in [0.717, 1.165) is 15.7 Å². The first kappa shape index (κ1) is 13.5. The molecule has 2 fully saturated rings. The van der Waals surface area contributed by atoms with Crippen LogP contribution >= 0.6 is 0 Å². The van der Waals surface area contributed by atoms with Crippen molar-refractivity contribution in [1.29, 1.82) is 0 Å². The molecule has 2 aliphatic heterocycles. The average Bonchev–Trinajstić information content (AvgIpc) is 2.75. The van der Waals surface area contributed by atoms with E-state index in [4.69, 9.17) is 4.74 Å². The highest BCUT2D eigenvalue weighted by molar-refractivity contribution is 5.12. The van der Waals surface area contributed by atoms with Gasteiger partial charge in [-0.25, -0.2) is 4.79 Å². The van der Waals surface area contributed by atoms with E-state index in [2.05, 4.69) is 4.98 Å². The first-order valence-corrected chi connectivity index (χ1v) is 6.18. The molecule has 0 spiro atoms. The molecule has 0 radical (unpaired) electrons. The van der Waals surface area contributed by atoms with E-state index in [1.807, 2.05) is 0 Å². The van der Waals surface area contributed by atoms with Crippen molar-refractivity contribution in [3.05, 3.63) is 33.1 Å². The van der Waals surface area contributed by atoms with Gasteiger partial charge in [0, 0.05) is 12.3 Å². The Balaban J connectivity index is 2.00. The van der Waals surface area contributed by atoms with Gasteiger partial charge in [-0.15, -0.1) is 0 Å². The second-order valence-corrected chi connectivity index (χ2v) is 5.16. The monoisotopic (exact) mass is 285 g/mol. The van der Waals surface area contributed by atoms with Crippen LogP contribution < -0.4 is 11.2 Å². The first-order chi connectivity index (χ1) is 9.35. The number of hydroxylamine groups is 2. The number of aromatic amines is 1. The molecular weight excluding hydrogens is 270 g/mol. The van der Waals surface area contributed by atoms with Crippen LogP contribution in [0.5, 0.6) is 0 Å². The van der Waals surface area contributed by atoms with Gasteiger partial charge in [0.1, 0.15) is 17.8 Å². The van der Waals surface area contributed by atoms with Gasteiger partial charge in [0.2, 0.25) is 0 Å². The van der Waals surface area contributed by atoms with Gasteiger partial charge in [-0.05, 0) is 6.92 Å². The van der Waals surface area contributed by atoms with Crippen LogP contribution in [-0.2, 0) is 4.74 Å². The molecule has 3 rings (SSSR count). The maximum atomic E-state index is 11.7. The van der Waals surface area contributed by atoms with Crippen molar-refractivity contribution in [2.45, 2.75) is 37.0 Å². The summed E-state index contributed by atoms with van der Waals surface area (Å²) in [6.45, 7) is 1.56. The number of nitrogens with one attached hydrogen (secondary N) is 1. The molecule has 2 aliphatic rings. The summed E-state index contributed by atoms with van der Waals surface area (Å²) in [5, 5.41) is 31.3. The van der Waals surface area contributed by atoms with E-state index in [0.29, 0.717) is 0 Å². The number of fused-ring (bicyclic) bond motifs is 1. The molecule has 1 aromatic rings. The van der Waals surface area contributed by atoms with E-state index in [-0.39, 0.29) is 6.54 Å². The molecule has 5 atom stereocenters. The zero-order valence-electron chi connectivity index (χ0n) is 10.6. The lowest BCUT2D eigenvalue weighted by atomic mass is 9.89. The third kappa shape index (κ3) is 1.61. The van der Waals surface area contributed by atoms with Gasteiger partial charge < -0.3 is 20.2 Å². The minimum Gasteiger partial charge on any atom is -0.385 e. The van der Waals surface area contributed by atoms with Crippen LogP contribution in [0.4, 0.5) is 0 Å². The van der Waals surface area contributed by atoms with Crippen LogP contribution in [0.1, 0.15) is 13.2 Å². The maximum Gasteiger partial charge on any atom is 0.330 e. The Morgan fingerprint density at radius 1 is 1.50 bits per heavy atom. The van der Waals surface area contributed by atoms with Crippen LogP contribution in [0.3, 0.4) is 0 Å². The van der Waals surface area contributed by atoms with Crippen molar-refractivity contribution in [3.8, 4) is 0 Å². The summed E-state index contributed by atoms with van der Waals surface area (Å²) in [7, 11) is 0. The van der Waals surface area contributed by atoms with Gasteiger partial charge in [-0.3, -0.25) is 14.3 Å². The van der Waals surface area contributed by atoms with Crippen molar-refractivity contribution >= 4 is 0 Å². The summed E-state index contributed by atoms with van der Waals surface area (Å²) < 4.78 is 6.50. The third-order valence-electron chi connectivity index (χ3n) is 4.16. The van der Waals surface area contributed by atoms with E-state index >= 15 is 0 Å². The summed E-state index contributed by atoms with van der Waals surface area (Å²) in [6.07, 6.45) is -2.17. The molecule has 9 heteroatoms. The molecule has 3 heterocycles. The van der Waals surface area contributed by atoms with E-state index in [9.17, 15) is 25.0 Å². The van der Waals surface area contributed by atoms with Crippen LogP contribution in [-0.4, -0.2) is 60.4 Å². The summed E-state index contributed by atoms with van der Waals surface area (Å²) in [5.74, 6) is 0. The largest absolute Gasteiger partial charge is 0.385 e. The van der Waals surface area contributed by atoms with Gasteiger partial charge in [0.15, 0.2) is 6.23 Å². The molecule has 0 bridgehead atoms. The Bertz CT molecular complexity index is 642. The smallest absolute Gasteiger partial charge is 0.330 e. The van der Waals surface area contributed by atoms with Crippen molar-refractivity contribution in [2.24, 2.45) is 0 Å². The molecule has 4 N–H and O–H groups in total. The fraction of sp³-hybridized carbons (Fsp3) is 0.636. The van der Waals surface area contributed by atoms with Crippen LogP contribution in [0.25, 0.3) is 0 Å². The molecule has 0 amide bonds. The van der Waals surface area contributed by atoms with Crippen molar-refractivity contribution in [2.75, 3.05) is 6.54 Å². The zero-order valence-corrected chi connectivity index (χ0v) is 10.6. The Hall–Kier alpha value is -1.52. The average molecular weight is 285 g/mol. The number of H-pyrrole nitrogens is 1. The number of hydrogen-bond acceptors (Lipinski definition) is 7. The topological polar surface area (TPSA) is 128 Å². The van der Waals surface area contributed by atoms with Gasteiger partial charge >= 0.3 is 5.69 Å². The number of aliphatic hydroxyl groups is 2. The van der Waals surface area contributed by atoms with E-state index < -0.39 is 41.3 Å². The van der Waals surface area contributed by atoms with Crippen molar-refractivity contribution < 1.29 is 20.2 Å². The second-order valence-electron chi connectivity index (χ2n) is 5.16. The molecule has 9 nitrogen and oxygen atoms in total. The standard InChI is InChI=1S/C11H15N3O6/c1-5-11(18)6(4-14(5)19)20-9(8(11)16)13-3-2-7(15)12-10(13)17/h2-3,5-6,8-9,16,18-19H,4H2,1H3,(H,12,15,17)/t5-,6?,8?,9?,11?/m1/s1. The third-order valence-corrected chi connectivity index (χ3v) is 4.16. The Morgan fingerprint density at radius 3 is 2.80 bits per heavy atom. The van der Waals surface area contributed by atoms with Crippen molar-refractivity contribution in [1.82, 2.24) is 14.6 Å². The molecule has 1 aromatic heterocycles. The highest BCUT2D eigenvalue weighted by Gasteiger charge is 2.64. The summed E-state index contributed by atoms with van der Waals surface area (Å²) in [5.41, 5.74) is -2.99. The second kappa shape index (κ2) is 4.24. The summed E-state index contributed by atoms with van der Waals surface area (Å²) in [4.78, 5) is 24.8. The fourth-order valence-corrected chi connectivity index (χ4v) is 2.89. The maximum absolute atomic E-state index is 11.7. The highest BCUT2D eigenvalue weighted by atomic mass is 16.6. The number of nitrogens with zero attached hydrogens (tertiary/aromatic N) is 2. The molecule has 110 valence electrons. The van der Waals surface area contributed by atoms with Gasteiger partial charge in [0.05, 0.1) is 12.6 Å². The SMILES string of the molecule is C[C@H]1N(O)CC2OC(n3ccc(=O)[nH]c3=O)C(O)C21O. The molecule has 2 saturated heterocycles. The van der Waals surface area contributed by atoms with E-state index in [1.54, 1.807) is 6.92 Å². The quantitative estimate of drug-likeness (QED) is 0.453. The van der Waals surface area contributed by atoms with Gasteiger partial charge in [0.25, 0.3) is 5.56 Å². The lowest BCUT2D eigenvalue weighted by molar-refractivity contribution is -0.162. The number of hydrogen-bond donors (Lipinski definition) is 4. The molecule has 4 unspecified atom stereocenters. The van der Waals surface area contributed by atoms with Gasteiger partial charge in [-0.1, -0.05) is 0 Å². The number of ether oxygens (including phenoxy) is 1. The fourth-order valence-electron chi connectivity index (χ4n) is 2.89. The minimum atomic E-state index is -1.69. The first-order valence-electron chi connectivity index (χ1n) is 6.18. The molecule has 0 saturated carbocycles. The lowest BCUT2D eigenvalue weighted by Crippen LogP contribution is -2.53. The molecular formula is C11H15N3O6. The molecule has 0 aliphatic carbocycles. The minimum absolute atomic E-state index is 0.0172. The number of aromatic nitrogens is 2. The summed E-state index contributed by atoms with van der Waals surface area (Å²) in [6, 6.07) is 0.378. The highest BCUT2D eigenvalue weighted by Crippen LogP contribution is 2.44. The van der Waals surface area contributed by atoms with Gasteiger partial charge in [-0.2, -0.15) is 5.06 Å². The summed E-state index contributed by atoms with van der Waals surface area (Å²) >= 11 is 0.